The van der Waals surface area contributed by atoms with E-state index in [-0.39, 0.29) is 22.6 Å². The van der Waals surface area contributed by atoms with Crippen LogP contribution in [0.4, 0.5) is 15.8 Å². The molecule has 0 amide bonds. The Bertz CT molecular complexity index is 1860. The molecule has 7 rings (SSSR count). The van der Waals surface area contributed by atoms with Crippen LogP contribution < -0.4 is 9.64 Å². The summed E-state index contributed by atoms with van der Waals surface area (Å²) < 4.78 is 19.8. The second-order valence-corrected chi connectivity index (χ2v) is 10.9. The van der Waals surface area contributed by atoms with Crippen LogP contribution in [0.25, 0.3) is 6.08 Å². The molecule has 1 spiro atoms. The van der Waals surface area contributed by atoms with Gasteiger partial charge in [0.2, 0.25) is 0 Å². The zero-order valence-corrected chi connectivity index (χ0v) is 22.8. The topological polar surface area (TPSA) is 107 Å². The molecule has 3 atom stereocenters. The number of carbonyl (C=O) groups excluding carboxylic acids is 3. The molecule has 0 aromatic heterocycles. The van der Waals surface area contributed by atoms with E-state index in [0.717, 1.165) is 0 Å². The molecule has 0 saturated carbocycles. The van der Waals surface area contributed by atoms with Crippen molar-refractivity contribution in [1.29, 1.82) is 0 Å². The second kappa shape index (κ2) is 9.55. The van der Waals surface area contributed by atoms with Crippen molar-refractivity contribution in [3.8, 4) is 5.75 Å². The highest BCUT2D eigenvalue weighted by atomic mass is 19.1. The predicted molar refractivity (Wildman–Crippen MR) is 156 cm³/mol. The van der Waals surface area contributed by atoms with Gasteiger partial charge in [0.15, 0.2) is 17.3 Å². The van der Waals surface area contributed by atoms with Crippen molar-refractivity contribution in [2.75, 3.05) is 12.0 Å². The van der Waals surface area contributed by atoms with Crippen LogP contribution in [0.3, 0.4) is 0 Å². The second-order valence-electron chi connectivity index (χ2n) is 10.9. The summed E-state index contributed by atoms with van der Waals surface area (Å²) in [7, 11) is 1.48. The van der Waals surface area contributed by atoms with Gasteiger partial charge >= 0.3 is 0 Å². The maximum absolute atomic E-state index is 14.7. The lowest BCUT2D eigenvalue weighted by molar-refractivity contribution is -0.384. The fourth-order valence-corrected chi connectivity index (χ4v) is 7.07. The third kappa shape index (κ3) is 3.64. The number of rotatable bonds is 5. The Hall–Kier alpha value is -5.44. The van der Waals surface area contributed by atoms with Gasteiger partial charge in [0.1, 0.15) is 23.0 Å². The van der Waals surface area contributed by atoms with Gasteiger partial charge in [-0.15, -0.1) is 0 Å². The Morgan fingerprint density at radius 1 is 0.930 bits per heavy atom. The quantitative estimate of drug-likeness (QED) is 0.123. The number of benzene rings is 4. The molecular formula is C34H23FN2O6. The van der Waals surface area contributed by atoms with Crippen LogP contribution in [0.2, 0.25) is 0 Å². The minimum atomic E-state index is -1.78. The molecule has 43 heavy (non-hydrogen) atoms. The Morgan fingerprint density at radius 3 is 2.28 bits per heavy atom. The van der Waals surface area contributed by atoms with Gasteiger partial charge in [-0.1, -0.05) is 60.7 Å². The first kappa shape index (κ1) is 26.5. The molecule has 212 valence electrons. The van der Waals surface area contributed by atoms with E-state index in [4.69, 9.17) is 4.74 Å². The molecule has 1 fully saturated rings. The number of ketones is 3. The molecule has 1 saturated heterocycles. The van der Waals surface area contributed by atoms with Gasteiger partial charge in [0.25, 0.3) is 5.69 Å². The van der Waals surface area contributed by atoms with Gasteiger partial charge in [0.05, 0.1) is 18.1 Å². The highest BCUT2D eigenvalue weighted by Crippen LogP contribution is 2.61. The number of fused-ring (bicyclic) bond motifs is 5. The van der Waals surface area contributed by atoms with Crippen LogP contribution in [-0.2, 0) is 0 Å². The van der Waals surface area contributed by atoms with Crippen molar-refractivity contribution in [3.63, 3.8) is 0 Å². The zero-order chi connectivity index (χ0) is 30.0. The van der Waals surface area contributed by atoms with Crippen molar-refractivity contribution < 1.29 is 28.4 Å². The lowest BCUT2D eigenvalue weighted by Crippen LogP contribution is -2.48. The number of nitrogens with zero attached hydrogens (tertiary/aromatic N) is 2. The average molecular weight is 575 g/mol. The van der Waals surface area contributed by atoms with Crippen LogP contribution in [0.15, 0.2) is 97.1 Å². The molecule has 3 aliphatic rings. The molecule has 2 aliphatic heterocycles. The van der Waals surface area contributed by atoms with Crippen molar-refractivity contribution >= 4 is 34.8 Å². The summed E-state index contributed by atoms with van der Waals surface area (Å²) in [4.78, 5) is 56.7. The number of ether oxygens (including phenoxy) is 1. The van der Waals surface area contributed by atoms with Crippen molar-refractivity contribution in [2.45, 2.75) is 18.0 Å². The zero-order valence-electron chi connectivity index (χ0n) is 22.8. The summed E-state index contributed by atoms with van der Waals surface area (Å²) in [6, 6.07) is 21.0. The molecule has 0 bridgehead atoms. The number of Topliss-reactive ketones (excluding diaryl/α,β-unsaturated/α-hetero) is 3. The number of hydrogen-bond acceptors (Lipinski definition) is 7. The Balaban J connectivity index is 1.54. The number of methoxy groups -OCH3 is 1. The van der Waals surface area contributed by atoms with Gasteiger partial charge < -0.3 is 9.64 Å². The predicted octanol–water partition coefficient (Wildman–Crippen LogP) is 6.06. The molecule has 4 aromatic carbocycles. The Kier molecular flexibility index (Phi) is 5.88. The van der Waals surface area contributed by atoms with E-state index in [1.54, 1.807) is 71.6 Å². The first-order chi connectivity index (χ1) is 20.8. The van der Waals surface area contributed by atoms with E-state index in [2.05, 4.69) is 0 Å². The lowest BCUT2D eigenvalue weighted by atomic mass is 9.64. The number of non-ortho nitro benzene ring substituents is 1. The van der Waals surface area contributed by atoms with E-state index in [1.165, 1.54) is 43.5 Å². The van der Waals surface area contributed by atoms with Gasteiger partial charge in [-0.2, -0.15) is 0 Å². The maximum Gasteiger partial charge on any atom is 0.269 e. The molecule has 4 aromatic rings. The molecule has 8 nitrogen and oxygen atoms in total. The van der Waals surface area contributed by atoms with Crippen LogP contribution in [0.1, 0.15) is 48.1 Å². The molecular weight excluding hydrogens is 551 g/mol. The van der Waals surface area contributed by atoms with E-state index in [9.17, 15) is 28.9 Å². The maximum atomic E-state index is 14.7. The SMILES string of the molecule is COc1cccc(C(=O)[C@@H]2[C@H](c3ccc([N+](=O)[O-])cc3)C3(C(=O)c4ccccc4C3=O)[C@@H]3C=Cc4cc(F)ccc4N23)c1. The Labute approximate surface area is 245 Å². The molecule has 0 N–H and O–H groups in total. The average Bonchev–Trinajstić information content (AvgIpc) is 3.46. The van der Waals surface area contributed by atoms with E-state index < -0.39 is 45.7 Å². The van der Waals surface area contributed by atoms with Crippen molar-refractivity contribution in [3.05, 3.63) is 141 Å². The molecule has 2 heterocycles. The summed E-state index contributed by atoms with van der Waals surface area (Å²) in [6.45, 7) is 0. The first-order valence-corrected chi connectivity index (χ1v) is 13.6. The molecule has 0 radical (unpaired) electrons. The summed E-state index contributed by atoms with van der Waals surface area (Å²) in [5.41, 5.74) is 0.275. The largest absolute Gasteiger partial charge is 0.497 e. The summed E-state index contributed by atoms with van der Waals surface area (Å²) in [5.74, 6) is -2.32. The smallest absolute Gasteiger partial charge is 0.269 e. The van der Waals surface area contributed by atoms with Gasteiger partial charge in [-0.3, -0.25) is 24.5 Å². The van der Waals surface area contributed by atoms with Gasteiger partial charge in [-0.05, 0) is 35.9 Å². The standard InChI is InChI=1S/C34H23FN2O6/c1-43-24-6-4-5-21(18-24)31(38)30-29(19-9-13-23(14-10-19)37(41)42)34(32(39)25-7-2-3-8-26(25)33(34)40)28-16-11-20-17-22(35)12-15-27(20)36(28)30/h2-18,28-30H,1H3/t28-,29-,30-/m0/s1. The monoisotopic (exact) mass is 574 g/mol. The van der Waals surface area contributed by atoms with E-state index in [0.29, 0.717) is 28.1 Å². The minimum Gasteiger partial charge on any atom is -0.497 e. The van der Waals surface area contributed by atoms with E-state index in [1.807, 2.05) is 0 Å². The summed E-state index contributed by atoms with van der Waals surface area (Å²) in [6.07, 6.45) is 3.37. The fourth-order valence-electron chi connectivity index (χ4n) is 7.07. The van der Waals surface area contributed by atoms with E-state index >= 15 is 0 Å². The summed E-state index contributed by atoms with van der Waals surface area (Å²) in [5, 5.41) is 11.5. The van der Waals surface area contributed by atoms with Crippen molar-refractivity contribution in [2.24, 2.45) is 5.41 Å². The normalized spacial score (nSPS) is 21.0. The third-order valence-electron chi connectivity index (χ3n) is 8.85. The number of hydrogen-bond donors (Lipinski definition) is 0. The molecule has 0 unspecified atom stereocenters. The lowest BCUT2D eigenvalue weighted by Gasteiger charge is -2.37. The fraction of sp³-hybridized carbons (Fsp3) is 0.147. The van der Waals surface area contributed by atoms with Crippen LogP contribution in [0, 0.1) is 21.3 Å². The number of carbonyl (C=O) groups is 3. The van der Waals surface area contributed by atoms with Gasteiger partial charge in [-0.25, -0.2) is 4.39 Å². The van der Waals surface area contributed by atoms with Crippen LogP contribution >= 0.6 is 0 Å². The molecule has 1 aliphatic carbocycles. The first-order valence-electron chi connectivity index (χ1n) is 13.6. The van der Waals surface area contributed by atoms with Crippen molar-refractivity contribution in [1.82, 2.24) is 0 Å². The van der Waals surface area contributed by atoms with Crippen LogP contribution in [0.5, 0.6) is 5.75 Å². The number of anilines is 1. The third-order valence-corrected chi connectivity index (χ3v) is 8.85. The number of nitro groups is 1. The van der Waals surface area contributed by atoms with Crippen LogP contribution in [-0.4, -0.2) is 41.5 Å². The highest BCUT2D eigenvalue weighted by molar-refractivity contribution is 6.32. The Morgan fingerprint density at radius 2 is 1.63 bits per heavy atom. The summed E-state index contributed by atoms with van der Waals surface area (Å²) >= 11 is 0. The minimum absolute atomic E-state index is 0.169. The highest BCUT2D eigenvalue weighted by Gasteiger charge is 2.71. The molecule has 9 heteroatoms. The number of nitro benzene ring substituents is 1. The van der Waals surface area contributed by atoms with Gasteiger partial charge in [0, 0.05) is 46.0 Å². The number of halogens is 1.